The Labute approximate surface area is 103 Å². The van der Waals surface area contributed by atoms with Crippen LogP contribution in [-0.4, -0.2) is 47.7 Å². The Kier molecular flexibility index (Phi) is 3.73. The lowest BCUT2D eigenvalue weighted by Gasteiger charge is -2.31. The number of nitrogens with one attached hydrogen (secondary N) is 1. The zero-order valence-electron chi connectivity index (χ0n) is 10.9. The lowest BCUT2D eigenvalue weighted by atomic mass is 9.99. The van der Waals surface area contributed by atoms with Crippen molar-refractivity contribution in [1.29, 1.82) is 0 Å². The van der Waals surface area contributed by atoms with Gasteiger partial charge in [-0.25, -0.2) is 0 Å². The maximum Gasteiger partial charge on any atom is 0.239 e. The first-order valence-electron chi connectivity index (χ1n) is 6.73. The molecule has 98 valence electrons. The highest BCUT2D eigenvalue weighted by molar-refractivity contribution is 5.82. The van der Waals surface area contributed by atoms with Gasteiger partial charge in [-0.2, -0.15) is 0 Å². The van der Waals surface area contributed by atoms with E-state index in [1.54, 1.807) is 4.90 Å². The van der Waals surface area contributed by atoms with Crippen LogP contribution < -0.4 is 5.32 Å². The summed E-state index contributed by atoms with van der Waals surface area (Å²) in [6.45, 7) is 3.52. The van der Waals surface area contributed by atoms with Gasteiger partial charge >= 0.3 is 0 Å². The van der Waals surface area contributed by atoms with Gasteiger partial charge in [0.15, 0.2) is 0 Å². The summed E-state index contributed by atoms with van der Waals surface area (Å²) in [4.78, 5) is 14.0. The molecule has 1 saturated heterocycles. The van der Waals surface area contributed by atoms with Gasteiger partial charge in [0.1, 0.15) is 0 Å². The second-order valence-corrected chi connectivity index (χ2v) is 5.82. The third-order valence-electron chi connectivity index (χ3n) is 4.24. The number of hydrogen-bond donors (Lipinski definition) is 2. The molecule has 0 aromatic rings. The Morgan fingerprint density at radius 2 is 2.12 bits per heavy atom. The molecule has 1 aliphatic heterocycles. The molecule has 0 bridgehead atoms. The van der Waals surface area contributed by atoms with Crippen LogP contribution in [0.15, 0.2) is 0 Å². The average Bonchev–Trinajstić information content (AvgIpc) is 2.86. The summed E-state index contributed by atoms with van der Waals surface area (Å²) < 4.78 is 0. The van der Waals surface area contributed by atoms with Crippen LogP contribution in [0.1, 0.15) is 39.0 Å². The molecule has 0 aromatic carbocycles. The minimum absolute atomic E-state index is 0.0509. The Hall–Kier alpha value is -0.610. The Morgan fingerprint density at radius 3 is 2.65 bits per heavy atom. The highest BCUT2D eigenvalue weighted by Gasteiger charge is 2.37. The van der Waals surface area contributed by atoms with Gasteiger partial charge in [-0.1, -0.05) is 19.8 Å². The first-order valence-corrected chi connectivity index (χ1v) is 6.73. The van der Waals surface area contributed by atoms with Crippen LogP contribution in [0.2, 0.25) is 0 Å². The van der Waals surface area contributed by atoms with Crippen LogP contribution in [0.3, 0.4) is 0 Å². The summed E-state index contributed by atoms with van der Waals surface area (Å²) in [7, 11) is 1.81. The van der Waals surface area contributed by atoms with Crippen molar-refractivity contribution in [3.05, 3.63) is 0 Å². The van der Waals surface area contributed by atoms with E-state index in [0.717, 1.165) is 38.6 Å². The number of nitrogens with zero attached hydrogens (tertiary/aromatic N) is 1. The number of aliphatic hydroxyl groups is 1. The maximum atomic E-state index is 12.2. The van der Waals surface area contributed by atoms with E-state index in [1.165, 1.54) is 0 Å². The maximum absolute atomic E-state index is 12.2. The fraction of sp³-hybridized carbons (Fsp3) is 0.923. The van der Waals surface area contributed by atoms with Gasteiger partial charge in [0.2, 0.25) is 5.91 Å². The highest BCUT2D eigenvalue weighted by Crippen LogP contribution is 2.30. The van der Waals surface area contributed by atoms with Crippen LogP contribution in [0.5, 0.6) is 0 Å². The summed E-state index contributed by atoms with van der Waals surface area (Å²) in [5.41, 5.74) is -0.633. The fourth-order valence-corrected chi connectivity index (χ4v) is 3.11. The quantitative estimate of drug-likeness (QED) is 0.765. The van der Waals surface area contributed by atoms with Gasteiger partial charge < -0.3 is 15.3 Å². The van der Waals surface area contributed by atoms with E-state index in [-0.39, 0.29) is 11.9 Å². The molecular weight excluding hydrogens is 216 g/mol. The molecule has 1 aliphatic carbocycles. The Balaban J connectivity index is 1.90. The van der Waals surface area contributed by atoms with Gasteiger partial charge in [0.05, 0.1) is 11.6 Å². The SMILES string of the molecule is CC1CCNC1C(=O)N(C)CC1(O)CCCC1. The first-order chi connectivity index (χ1) is 8.02. The largest absolute Gasteiger partial charge is 0.388 e. The monoisotopic (exact) mass is 240 g/mol. The molecule has 0 spiro atoms. The lowest BCUT2D eigenvalue weighted by molar-refractivity contribution is -0.135. The predicted molar refractivity (Wildman–Crippen MR) is 66.6 cm³/mol. The normalized spacial score (nSPS) is 31.7. The van der Waals surface area contributed by atoms with E-state index >= 15 is 0 Å². The van der Waals surface area contributed by atoms with E-state index in [1.807, 2.05) is 7.05 Å². The fourth-order valence-electron chi connectivity index (χ4n) is 3.11. The first kappa shape index (κ1) is 12.8. The molecule has 2 N–H and O–H groups in total. The molecule has 2 atom stereocenters. The summed E-state index contributed by atoms with van der Waals surface area (Å²) in [6, 6.07) is -0.0509. The van der Waals surface area contributed by atoms with E-state index in [4.69, 9.17) is 0 Å². The van der Waals surface area contributed by atoms with Crippen molar-refractivity contribution in [3.63, 3.8) is 0 Å². The van der Waals surface area contributed by atoms with Crippen molar-refractivity contribution in [1.82, 2.24) is 10.2 Å². The lowest BCUT2D eigenvalue weighted by Crippen LogP contribution is -2.49. The van der Waals surface area contributed by atoms with E-state index in [2.05, 4.69) is 12.2 Å². The van der Waals surface area contributed by atoms with E-state index in [0.29, 0.717) is 12.5 Å². The third-order valence-corrected chi connectivity index (χ3v) is 4.24. The van der Waals surface area contributed by atoms with Crippen molar-refractivity contribution >= 4 is 5.91 Å². The van der Waals surface area contributed by atoms with Crippen molar-refractivity contribution in [2.45, 2.75) is 50.7 Å². The summed E-state index contributed by atoms with van der Waals surface area (Å²) in [5, 5.41) is 13.6. The third kappa shape index (κ3) is 2.80. The molecule has 4 nitrogen and oxygen atoms in total. The van der Waals surface area contributed by atoms with E-state index < -0.39 is 5.60 Å². The Morgan fingerprint density at radius 1 is 1.47 bits per heavy atom. The van der Waals surface area contributed by atoms with Gasteiger partial charge in [-0.05, 0) is 31.7 Å². The predicted octanol–water partition coefficient (Wildman–Crippen LogP) is 0.748. The summed E-state index contributed by atoms with van der Waals surface area (Å²) >= 11 is 0. The molecule has 2 unspecified atom stereocenters. The molecule has 2 aliphatic rings. The van der Waals surface area contributed by atoms with Gasteiger partial charge in [-0.3, -0.25) is 4.79 Å². The number of rotatable bonds is 3. The molecule has 17 heavy (non-hydrogen) atoms. The summed E-state index contributed by atoms with van der Waals surface area (Å²) in [5.74, 6) is 0.540. The zero-order chi connectivity index (χ0) is 12.5. The molecule has 0 radical (unpaired) electrons. The summed E-state index contributed by atoms with van der Waals surface area (Å²) in [6.07, 6.45) is 4.89. The molecule has 1 amide bonds. The zero-order valence-corrected chi connectivity index (χ0v) is 10.9. The van der Waals surface area contributed by atoms with Crippen LogP contribution in [-0.2, 0) is 4.79 Å². The molecule has 2 fully saturated rings. The van der Waals surface area contributed by atoms with Gasteiger partial charge in [0.25, 0.3) is 0 Å². The average molecular weight is 240 g/mol. The molecular formula is C13H24N2O2. The van der Waals surface area contributed by atoms with Gasteiger partial charge in [-0.15, -0.1) is 0 Å². The number of carbonyl (C=O) groups is 1. The molecule has 1 heterocycles. The van der Waals surface area contributed by atoms with Crippen LogP contribution in [0.25, 0.3) is 0 Å². The standard InChI is InChI=1S/C13H24N2O2/c1-10-5-8-14-11(10)12(16)15(2)9-13(17)6-3-4-7-13/h10-11,14,17H,3-9H2,1-2H3. The Bertz CT molecular complexity index is 287. The van der Waals surface area contributed by atoms with Crippen LogP contribution in [0.4, 0.5) is 0 Å². The highest BCUT2D eigenvalue weighted by atomic mass is 16.3. The number of hydrogen-bond acceptors (Lipinski definition) is 3. The molecule has 1 saturated carbocycles. The minimum Gasteiger partial charge on any atom is -0.388 e. The molecule has 4 heteroatoms. The van der Waals surface area contributed by atoms with Crippen molar-refractivity contribution < 1.29 is 9.90 Å². The van der Waals surface area contributed by atoms with E-state index in [9.17, 15) is 9.90 Å². The van der Waals surface area contributed by atoms with Crippen LogP contribution in [0, 0.1) is 5.92 Å². The smallest absolute Gasteiger partial charge is 0.239 e. The molecule has 0 aromatic heterocycles. The van der Waals surface area contributed by atoms with Crippen LogP contribution >= 0.6 is 0 Å². The second-order valence-electron chi connectivity index (χ2n) is 5.82. The topological polar surface area (TPSA) is 52.6 Å². The van der Waals surface area contributed by atoms with Crippen molar-refractivity contribution in [2.24, 2.45) is 5.92 Å². The number of carbonyl (C=O) groups excluding carboxylic acids is 1. The number of amides is 1. The van der Waals surface area contributed by atoms with Gasteiger partial charge in [0, 0.05) is 13.6 Å². The second kappa shape index (κ2) is 4.94. The van der Waals surface area contributed by atoms with Crippen molar-refractivity contribution in [2.75, 3.05) is 20.1 Å². The minimum atomic E-state index is -0.633. The number of likely N-dealkylation sites (N-methyl/N-ethyl adjacent to an activating group) is 1. The van der Waals surface area contributed by atoms with Crippen molar-refractivity contribution in [3.8, 4) is 0 Å². The molecule has 2 rings (SSSR count).